The number of allylic oxidation sites excluding steroid dienone is 3. The van der Waals surface area contributed by atoms with Crippen molar-refractivity contribution in [1.82, 2.24) is 0 Å². The Morgan fingerprint density at radius 2 is 2.05 bits per heavy atom. The van der Waals surface area contributed by atoms with Crippen LogP contribution in [0.5, 0.6) is 0 Å². The summed E-state index contributed by atoms with van der Waals surface area (Å²) >= 11 is 0. The van der Waals surface area contributed by atoms with E-state index in [-0.39, 0.29) is 0 Å². The van der Waals surface area contributed by atoms with Gasteiger partial charge in [-0.1, -0.05) is 30.4 Å². The lowest BCUT2D eigenvalue weighted by atomic mass is 9.95. The van der Waals surface area contributed by atoms with Gasteiger partial charge in [0.1, 0.15) is 0 Å². The van der Waals surface area contributed by atoms with Crippen molar-refractivity contribution in [2.24, 2.45) is 0 Å². The summed E-state index contributed by atoms with van der Waals surface area (Å²) in [5.74, 6) is 1.48. The summed E-state index contributed by atoms with van der Waals surface area (Å²) < 4.78 is 10.7. The fourth-order valence-electron chi connectivity index (χ4n) is 2.58. The van der Waals surface area contributed by atoms with Gasteiger partial charge in [-0.05, 0) is 40.1 Å². The molecule has 21 heavy (non-hydrogen) atoms. The standard InChI is InChI=1S/C18H11NO2/c19-11-12-4-7-16-13(9-12)5-6-14-10-17-18(21-17)20-8-2-1-3-15(14)16/h1-9H,10H2/b3-1?,8-2+. The molecule has 0 fully saturated rings. The van der Waals surface area contributed by atoms with Crippen molar-refractivity contribution in [3.63, 3.8) is 0 Å². The Labute approximate surface area is 122 Å². The van der Waals surface area contributed by atoms with Crippen LogP contribution in [-0.4, -0.2) is 0 Å². The van der Waals surface area contributed by atoms with Gasteiger partial charge in [0.05, 0.1) is 17.9 Å². The number of benzene rings is 2. The number of nitrogens with zero attached hydrogens (tertiary/aromatic N) is 1. The lowest BCUT2D eigenvalue weighted by Gasteiger charge is -2.08. The zero-order valence-corrected chi connectivity index (χ0v) is 11.2. The smallest absolute Gasteiger partial charge is 0.330 e. The molecule has 0 aliphatic carbocycles. The van der Waals surface area contributed by atoms with Crippen molar-refractivity contribution in [3.05, 3.63) is 77.1 Å². The van der Waals surface area contributed by atoms with Crippen molar-refractivity contribution < 1.29 is 9.47 Å². The summed E-state index contributed by atoms with van der Waals surface area (Å²) in [5.41, 5.74) is 3.02. The Bertz CT molecular complexity index is 882. The molecule has 0 atom stereocenters. The van der Waals surface area contributed by atoms with E-state index in [0.29, 0.717) is 11.5 Å². The molecule has 3 heteroatoms. The van der Waals surface area contributed by atoms with Crippen LogP contribution in [0.2, 0.25) is 0 Å². The number of nitriles is 1. The molecule has 0 unspecified atom stereocenters. The molecular weight excluding hydrogens is 262 g/mol. The average molecular weight is 273 g/mol. The molecule has 0 spiro atoms. The van der Waals surface area contributed by atoms with Crippen LogP contribution in [0.4, 0.5) is 0 Å². The minimum atomic E-state index is 0.604. The van der Waals surface area contributed by atoms with E-state index in [0.717, 1.165) is 28.5 Å². The molecule has 0 aromatic heterocycles. The van der Waals surface area contributed by atoms with Crippen LogP contribution < -0.4 is 0 Å². The first-order valence-corrected chi connectivity index (χ1v) is 6.72. The molecule has 3 nitrogen and oxygen atoms in total. The molecule has 2 aromatic carbocycles. The lowest BCUT2D eigenvalue weighted by molar-refractivity contribution is 0.245. The van der Waals surface area contributed by atoms with E-state index >= 15 is 0 Å². The Morgan fingerprint density at radius 3 is 2.95 bits per heavy atom. The molecule has 0 saturated heterocycles. The zero-order valence-electron chi connectivity index (χ0n) is 11.2. The van der Waals surface area contributed by atoms with Gasteiger partial charge >= 0.3 is 5.95 Å². The van der Waals surface area contributed by atoms with Crippen molar-refractivity contribution in [1.29, 1.82) is 5.26 Å². The van der Waals surface area contributed by atoms with Crippen molar-refractivity contribution in [2.45, 2.75) is 6.42 Å². The van der Waals surface area contributed by atoms with E-state index in [1.807, 2.05) is 36.4 Å². The molecular formula is C18H11NO2. The molecule has 0 saturated carbocycles. The lowest BCUT2D eigenvalue weighted by Crippen LogP contribution is -1.91. The fraction of sp³-hybridized carbons (Fsp3) is 0.0556. The van der Waals surface area contributed by atoms with Crippen molar-refractivity contribution in [3.8, 4) is 6.07 Å². The summed E-state index contributed by atoms with van der Waals surface area (Å²) in [5, 5.41) is 11.2. The summed E-state index contributed by atoms with van der Waals surface area (Å²) in [6.07, 6.45) is 8.19. The first-order chi connectivity index (χ1) is 10.3. The maximum absolute atomic E-state index is 9.02. The van der Waals surface area contributed by atoms with Crippen molar-refractivity contribution >= 4 is 16.8 Å². The van der Waals surface area contributed by atoms with Gasteiger partial charge in [0.25, 0.3) is 0 Å². The number of hydrogen-bond acceptors (Lipinski definition) is 3. The number of ether oxygens (including phenoxy) is 2. The molecule has 0 amide bonds. The highest BCUT2D eigenvalue weighted by Gasteiger charge is 2.28. The summed E-state index contributed by atoms with van der Waals surface area (Å²) in [6.45, 7) is 0. The van der Waals surface area contributed by atoms with Gasteiger partial charge in [-0.25, -0.2) is 0 Å². The molecule has 100 valence electrons. The molecule has 2 aliphatic heterocycles. The van der Waals surface area contributed by atoms with Crippen LogP contribution >= 0.6 is 0 Å². The first kappa shape index (κ1) is 11.8. The molecule has 2 heterocycles. The van der Waals surface area contributed by atoms with E-state index in [4.69, 9.17) is 14.7 Å². The van der Waals surface area contributed by atoms with Crippen LogP contribution in [0.3, 0.4) is 0 Å². The SMILES string of the molecule is N#Cc1ccc2c3c(ccc2c1)CC1=C(O/C=C/C=C3)O1. The summed E-state index contributed by atoms with van der Waals surface area (Å²) in [4.78, 5) is 0. The minimum Gasteiger partial charge on any atom is -0.431 e. The van der Waals surface area contributed by atoms with E-state index in [1.165, 1.54) is 5.56 Å². The quantitative estimate of drug-likeness (QED) is 0.728. The Balaban J connectivity index is 1.93. The van der Waals surface area contributed by atoms with Gasteiger partial charge in [0.2, 0.25) is 0 Å². The predicted octanol–water partition coefficient (Wildman–Crippen LogP) is 4.01. The number of hydrogen-bond donors (Lipinski definition) is 0. The second kappa shape index (κ2) is 4.53. The first-order valence-electron chi connectivity index (χ1n) is 6.72. The minimum absolute atomic E-state index is 0.604. The maximum atomic E-state index is 9.02. The highest BCUT2D eigenvalue weighted by molar-refractivity contribution is 5.93. The third-order valence-corrected chi connectivity index (χ3v) is 3.66. The van der Waals surface area contributed by atoms with Crippen LogP contribution in [0.1, 0.15) is 16.7 Å². The van der Waals surface area contributed by atoms with Crippen LogP contribution in [0.25, 0.3) is 16.8 Å². The van der Waals surface area contributed by atoms with Crippen LogP contribution in [-0.2, 0) is 15.9 Å². The summed E-state index contributed by atoms with van der Waals surface area (Å²) in [6, 6.07) is 12.1. The fourth-order valence-corrected chi connectivity index (χ4v) is 2.58. The van der Waals surface area contributed by atoms with Gasteiger partial charge in [0, 0.05) is 6.42 Å². The average Bonchev–Trinajstić information content (AvgIpc) is 3.26. The van der Waals surface area contributed by atoms with E-state index in [1.54, 1.807) is 6.26 Å². The Hall–Kier alpha value is -2.99. The van der Waals surface area contributed by atoms with Gasteiger partial charge in [0.15, 0.2) is 5.76 Å². The highest BCUT2D eigenvalue weighted by atomic mass is 16.7. The second-order valence-electron chi connectivity index (χ2n) is 4.98. The monoisotopic (exact) mass is 273 g/mol. The zero-order chi connectivity index (χ0) is 14.2. The number of rotatable bonds is 0. The predicted molar refractivity (Wildman–Crippen MR) is 79.7 cm³/mol. The van der Waals surface area contributed by atoms with Gasteiger partial charge in [-0.2, -0.15) is 5.26 Å². The molecule has 0 radical (unpaired) electrons. The molecule has 2 aromatic rings. The maximum Gasteiger partial charge on any atom is 0.330 e. The van der Waals surface area contributed by atoms with Gasteiger partial charge in [-0.3, -0.25) is 0 Å². The molecule has 0 N–H and O–H groups in total. The third-order valence-electron chi connectivity index (χ3n) is 3.66. The largest absolute Gasteiger partial charge is 0.431 e. The van der Waals surface area contributed by atoms with Crippen LogP contribution in [0, 0.1) is 11.3 Å². The third kappa shape index (κ3) is 2.07. The molecule has 4 rings (SSSR count). The van der Waals surface area contributed by atoms with E-state index in [2.05, 4.69) is 18.2 Å². The molecule has 2 aliphatic rings. The van der Waals surface area contributed by atoms with E-state index < -0.39 is 0 Å². The van der Waals surface area contributed by atoms with Gasteiger partial charge < -0.3 is 9.47 Å². The highest BCUT2D eigenvalue weighted by Crippen LogP contribution is 2.34. The Kier molecular flexibility index (Phi) is 2.55. The summed E-state index contributed by atoms with van der Waals surface area (Å²) in [7, 11) is 0. The second-order valence-corrected chi connectivity index (χ2v) is 4.98. The van der Waals surface area contributed by atoms with E-state index in [9.17, 15) is 0 Å². The molecule has 0 bridgehead atoms. The van der Waals surface area contributed by atoms with Crippen LogP contribution in [0.15, 0.2) is 60.5 Å². The van der Waals surface area contributed by atoms with Gasteiger partial charge in [-0.15, -0.1) is 0 Å². The number of fused-ring (bicyclic) bond motifs is 3. The normalized spacial score (nSPS) is 17.1. The van der Waals surface area contributed by atoms with Crippen molar-refractivity contribution in [2.75, 3.05) is 0 Å². The topological polar surface area (TPSA) is 45.5 Å². The Morgan fingerprint density at radius 1 is 1.10 bits per heavy atom.